The van der Waals surface area contributed by atoms with Crippen LogP contribution >= 0.6 is 0 Å². The molecule has 0 aromatic heterocycles. The van der Waals surface area contributed by atoms with E-state index in [1.54, 1.807) is 0 Å². The summed E-state index contributed by atoms with van der Waals surface area (Å²) >= 11 is 0. The number of nitrogens with one attached hydrogen (secondary N) is 1. The zero-order valence-corrected chi connectivity index (χ0v) is 12.8. The van der Waals surface area contributed by atoms with Gasteiger partial charge in [-0.1, -0.05) is 60.7 Å². The molecule has 114 valence electrons. The lowest BCUT2D eigenvalue weighted by Crippen LogP contribution is -2.10. The second-order valence-electron chi connectivity index (χ2n) is 5.57. The fourth-order valence-corrected chi connectivity index (χ4v) is 2.64. The fourth-order valence-electron chi connectivity index (χ4n) is 2.64. The number of hydrogen-bond donors (Lipinski definition) is 3. The average Bonchev–Trinajstić information content (AvgIpc) is 2.57. The Bertz CT molecular complexity index is 853. The quantitative estimate of drug-likeness (QED) is 0.389. The zero-order valence-electron chi connectivity index (χ0n) is 12.8. The number of nitrogens with two attached hydrogens (primary N) is 2. The smallest absolute Gasteiger partial charge is 0.122 e. The molecule has 0 unspecified atom stereocenters. The van der Waals surface area contributed by atoms with Crippen molar-refractivity contribution in [3.63, 3.8) is 0 Å². The molecule has 23 heavy (non-hydrogen) atoms. The summed E-state index contributed by atoms with van der Waals surface area (Å²) in [5.41, 5.74) is 17.7. The minimum absolute atomic E-state index is 0.0834. The summed E-state index contributed by atoms with van der Waals surface area (Å²) in [7, 11) is 0. The van der Waals surface area contributed by atoms with Crippen LogP contribution in [0.3, 0.4) is 0 Å². The lowest BCUT2D eigenvalue weighted by Gasteiger charge is -2.09. The molecule has 0 amide bonds. The molecule has 0 aliphatic rings. The summed E-state index contributed by atoms with van der Waals surface area (Å²) < 4.78 is 0. The molecule has 0 atom stereocenters. The van der Waals surface area contributed by atoms with Crippen LogP contribution in [0, 0.1) is 5.41 Å². The van der Waals surface area contributed by atoms with Crippen molar-refractivity contribution in [1.29, 1.82) is 5.41 Å². The van der Waals surface area contributed by atoms with Gasteiger partial charge in [-0.15, -0.1) is 0 Å². The van der Waals surface area contributed by atoms with Crippen molar-refractivity contribution in [2.45, 2.75) is 6.42 Å². The van der Waals surface area contributed by atoms with Crippen molar-refractivity contribution < 1.29 is 0 Å². The molecule has 3 rings (SSSR count). The molecule has 0 saturated heterocycles. The molecule has 0 aliphatic carbocycles. The summed E-state index contributed by atoms with van der Waals surface area (Å²) in [5, 5.41) is 7.57. The van der Waals surface area contributed by atoms with Gasteiger partial charge in [0.2, 0.25) is 0 Å². The highest BCUT2D eigenvalue weighted by Crippen LogP contribution is 2.24. The number of nitrogen functional groups attached to an aromatic ring is 2. The van der Waals surface area contributed by atoms with Crippen molar-refractivity contribution in [2.24, 2.45) is 5.73 Å². The summed E-state index contributed by atoms with van der Waals surface area (Å²) in [4.78, 5) is 0. The number of rotatable bonds is 4. The standard InChI is InChI=1S/C20H19N3/c21-19-10-2-1-6-17(19)12-14-5-3-7-15(11-14)16-8-4-9-18(13-16)20(22)23/h1-11,13H,12,21H2,(H3,22,23). The van der Waals surface area contributed by atoms with E-state index in [0.29, 0.717) is 0 Å². The summed E-state index contributed by atoms with van der Waals surface area (Å²) in [6.45, 7) is 0. The Kier molecular flexibility index (Phi) is 4.11. The Balaban J connectivity index is 1.93. The third-order valence-corrected chi connectivity index (χ3v) is 3.88. The van der Waals surface area contributed by atoms with Crippen LogP contribution < -0.4 is 11.5 Å². The lowest BCUT2D eigenvalue weighted by atomic mass is 9.97. The van der Waals surface area contributed by atoms with Crippen LogP contribution in [-0.4, -0.2) is 5.84 Å². The van der Waals surface area contributed by atoms with E-state index in [9.17, 15) is 0 Å². The molecule has 3 nitrogen and oxygen atoms in total. The van der Waals surface area contributed by atoms with Gasteiger partial charge in [0.25, 0.3) is 0 Å². The second kappa shape index (κ2) is 6.36. The minimum Gasteiger partial charge on any atom is -0.398 e. The van der Waals surface area contributed by atoms with Crippen molar-refractivity contribution in [2.75, 3.05) is 5.73 Å². The normalized spacial score (nSPS) is 10.4. The van der Waals surface area contributed by atoms with Gasteiger partial charge in [-0.3, -0.25) is 5.41 Å². The Hall–Kier alpha value is -3.07. The monoisotopic (exact) mass is 301 g/mol. The number of para-hydroxylation sites is 1. The maximum Gasteiger partial charge on any atom is 0.122 e. The second-order valence-corrected chi connectivity index (χ2v) is 5.57. The average molecular weight is 301 g/mol. The molecular formula is C20H19N3. The molecule has 0 bridgehead atoms. The molecule has 5 N–H and O–H groups in total. The number of anilines is 1. The first-order valence-electron chi connectivity index (χ1n) is 7.50. The van der Waals surface area contributed by atoms with Crippen LogP contribution in [-0.2, 0) is 6.42 Å². The third-order valence-electron chi connectivity index (χ3n) is 3.88. The van der Waals surface area contributed by atoms with Gasteiger partial charge in [-0.2, -0.15) is 0 Å². The van der Waals surface area contributed by atoms with Crippen LogP contribution in [0.4, 0.5) is 5.69 Å². The van der Waals surface area contributed by atoms with Crippen LogP contribution in [0.15, 0.2) is 72.8 Å². The Morgan fingerprint density at radius 2 is 1.52 bits per heavy atom. The molecule has 3 heteroatoms. The molecule has 0 fully saturated rings. The van der Waals surface area contributed by atoms with Crippen molar-refractivity contribution >= 4 is 11.5 Å². The van der Waals surface area contributed by atoms with E-state index in [2.05, 4.69) is 24.3 Å². The van der Waals surface area contributed by atoms with E-state index in [4.69, 9.17) is 16.9 Å². The zero-order chi connectivity index (χ0) is 16.2. The van der Waals surface area contributed by atoms with Gasteiger partial charge < -0.3 is 11.5 Å². The molecule has 3 aromatic carbocycles. The van der Waals surface area contributed by atoms with E-state index in [1.165, 1.54) is 5.56 Å². The molecule has 0 saturated carbocycles. The van der Waals surface area contributed by atoms with Crippen LogP contribution in [0.1, 0.15) is 16.7 Å². The highest BCUT2D eigenvalue weighted by molar-refractivity contribution is 5.96. The van der Waals surface area contributed by atoms with Gasteiger partial charge in [0, 0.05) is 11.3 Å². The molecule has 0 heterocycles. The first-order valence-corrected chi connectivity index (χ1v) is 7.50. The number of amidine groups is 1. The van der Waals surface area contributed by atoms with Crippen molar-refractivity contribution in [3.05, 3.63) is 89.5 Å². The van der Waals surface area contributed by atoms with E-state index in [-0.39, 0.29) is 5.84 Å². The van der Waals surface area contributed by atoms with E-state index >= 15 is 0 Å². The van der Waals surface area contributed by atoms with Gasteiger partial charge in [0.05, 0.1) is 0 Å². The molecular weight excluding hydrogens is 282 g/mol. The molecule has 0 aliphatic heterocycles. The summed E-state index contributed by atoms with van der Waals surface area (Å²) in [6, 6.07) is 24.1. The highest BCUT2D eigenvalue weighted by Gasteiger charge is 2.04. The predicted octanol–water partition coefficient (Wildman–Crippen LogP) is 3.81. The summed E-state index contributed by atoms with van der Waals surface area (Å²) in [5.74, 6) is 0.0834. The Labute approximate surface area is 136 Å². The molecule has 0 radical (unpaired) electrons. The SMILES string of the molecule is N=C(N)c1cccc(-c2cccc(Cc3ccccc3N)c2)c1. The van der Waals surface area contributed by atoms with Gasteiger partial charge >= 0.3 is 0 Å². The first-order chi connectivity index (χ1) is 11.1. The Morgan fingerprint density at radius 1 is 0.826 bits per heavy atom. The molecule has 0 spiro atoms. The van der Waals surface area contributed by atoms with Gasteiger partial charge in [0.1, 0.15) is 5.84 Å². The van der Waals surface area contributed by atoms with Gasteiger partial charge in [0.15, 0.2) is 0 Å². The summed E-state index contributed by atoms with van der Waals surface area (Å²) in [6.07, 6.45) is 0.799. The van der Waals surface area contributed by atoms with E-state index < -0.39 is 0 Å². The van der Waals surface area contributed by atoms with E-state index in [0.717, 1.165) is 34.4 Å². The van der Waals surface area contributed by atoms with Crippen molar-refractivity contribution in [3.8, 4) is 11.1 Å². The first kappa shape index (κ1) is 14.9. The number of benzene rings is 3. The van der Waals surface area contributed by atoms with Crippen LogP contribution in [0.5, 0.6) is 0 Å². The largest absolute Gasteiger partial charge is 0.398 e. The van der Waals surface area contributed by atoms with Gasteiger partial charge in [-0.25, -0.2) is 0 Å². The van der Waals surface area contributed by atoms with Crippen LogP contribution in [0.2, 0.25) is 0 Å². The van der Waals surface area contributed by atoms with Crippen LogP contribution in [0.25, 0.3) is 11.1 Å². The van der Waals surface area contributed by atoms with Gasteiger partial charge in [-0.05, 0) is 40.8 Å². The third kappa shape index (κ3) is 3.40. The molecule has 3 aromatic rings. The van der Waals surface area contributed by atoms with E-state index in [1.807, 2.05) is 48.5 Å². The minimum atomic E-state index is 0.0834. The fraction of sp³-hybridized carbons (Fsp3) is 0.0500. The van der Waals surface area contributed by atoms with Crippen molar-refractivity contribution in [1.82, 2.24) is 0 Å². The highest BCUT2D eigenvalue weighted by atomic mass is 14.7. The topological polar surface area (TPSA) is 75.9 Å². The Morgan fingerprint density at radius 3 is 2.26 bits per heavy atom. The number of hydrogen-bond acceptors (Lipinski definition) is 2. The lowest BCUT2D eigenvalue weighted by molar-refractivity contribution is 1.20. The maximum absolute atomic E-state index is 7.57. The maximum atomic E-state index is 7.57. The predicted molar refractivity (Wildman–Crippen MR) is 96.6 cm³/mol.